The van der Waals surface area contributed by atoms with Crippen LogP contribution in [0.5, 0.6) is 0 Å². The number of amides is 1. The van der Waals surface area contributed by atoms with Crippen LogP contribution in [0.2, 0.25) is 0 Å². The molecule has 0 unspecified atom stereocenters. The molecule has 1 aromatic rings. The first-order chi connectivity index (χ1) is 14.8. The lowest BCUT2D eigenvalue weighted by atomic mass is 9.99. The molecule has 5 nitrogen and oxygen atoms in total. The van der Waals surface area contributed by atoms with Crippen LogP contribution in [0, 0.1) is 0 Å². The lowest BCUT2D eigenvalue weighted by molar-refractivity contribution is -0.137. The van der Waals surface area contributed by atoms with Gasteiger partial charge >= 0.3 is 12.3 Å². The van der Waals surface area contributed by atoms with Gasteiger partial charge in [0.1, 0.15) is 11.4 Å². The zero-order valence-electron chi connectivity index (χ0n) is 18.4. The summed E-state index contributed by atoms with van der Waals surface area (Å²) < 4.78 is 45.6. The number of carbonyl (C=O) groups is 1. The van der Waals surface area contributed by atoms with Crippen molar-refractivity contribution in [1.29, 1.82) is 0 Å². The van der Waals surface area contributed by atoms with Crippen LogP contribution >= 0.6 is 27.5 Å². The van der Waals surface area contributed by atoms with Gasteiger partial charge in [-0.1, -0.05) is 17.2 Å². The van der Waals surface area contributed by atoms with Crippen molar-refractivity contribution in [2.24, 2.45) is 4.99 Å². The maximum absolute atomic E-state index is 13.3. The van der Waals surface area contributed by atoms with Gasteiger partial charge in [-0.05, 0) is 74.2 Å². The van der Waals surface area contributed by atoms with E-state index in [0.717, 1.165) is 17.7 Å². The zero-order valence-corrected chi connectivity index (χ0v) is 20.8. The topological polar surface area (TPSA) is 45.1 Å². The Bertz CT molecular complexity index is 962. The Hall–Kier alpha value is -1.74. The fraction of sp³-hybridized carbons (Fsp3) is 0.545. The molecular weight excluding hydrogens is 511 g/mol. The van der Waals surface area contributed by atoms with Crippen LogP contribution < -0.4 is 0 Å². The molecule has 3 rings (SSSR count). The minimum absolute atomic E-state index is 0.274. The number of nitrogens with zero attached hydrogens (tertiary/aromatic N) is 3. The Morgan fingerprint density at radius 2 is 1.75 bits per heavy atom. The molecule has 2 aliphatic rings. The number of alkyl halides is 3. The van der Waals surface area contributed by atoms with Crippen molar-refractivity contribution in [2.45, 2.75) is 52.3 Å². The fourth-order valence-corrected chi connectivity index (χ4v) is 4.40. The normalized spacial score (nSPS) is 20.3. The molecule has 1 fully saturated rings. The largest absolute Gasteiger partial charge is 0.444 e. The number of ether oxygens (including phenoxy) is 1. The molecule has 0 saturated carbocycles. The molecule has 2 aliphatic heterocycles. The van der Waals surface area contributed by atoms with Crippen molar-refractivity contribution in [1.82, 2.24) is 9.80 Å². The molecule has 0 aliphatic carbocycles. The number of aliphatic imine (C=N–C) groups is 1. The summed E-state index contributed by atoms with van der Waals surface area (Å²) in [5.41, 5.74) is 0.540. The number of piperazine rings is 1. The smallest absolute Gasteiger partial charge is 0.416 e. The number of allylic oxidation sites excluding steroid dienone is 1. The number of halogens is 5. The highest BCUT2D eigenvalue weighted by Gasteiger charge is 2.33. The maximum atomic E-state index is 13.3. The van der Waals surface area contributed by atoms with Crippen LogP contribution in [0.15, 0.2) is 32.2 Å². The molecule has 2 heterocycles. The molecular formula is C22H26BrClF3N3O2. The summed E-state index contributed by atoms with van der Waals surface area (Å²) in [5.74, 6) is 0.509. The molecule has 32 heavy (non-hydrogen) atoms. The predicted molar refractivity (Wildman–Crippen MR) is 122 cm³/mol. The van der Waals surface area contributed by atoms with E-state index in [2.05, 4.69) is 15.9 Å². The van der Waals surface area contributed by atoms with Crippen molar-refractivity contribution in [2.75, 3.05) is 26.2 Å². The molecule has 1 aromatic carbocycles. The summed E-state index contributed by atoms with van der Waals surface area (Å²) in [5, 5.41) is 0.494. The van der Waals surface area contributed by atoms with Gasteiger partial charge in [0.15, 0.2) is 0 Å². The van der Waals surface area contributed by atoms with Crippen molar-refractivity contribution in [3.8, 4) is 0 Å². The van der Waals surface area contributed by atoms with E-state index in [1.54, 1.807) is 4.90 Å². The summed E-state index contributed by atoms with van der Waals surface area (Å²) in [6, 6.07) is 2.21. The average Bonchev–Trinajstić information content (AvgIpc) is 2.67. The number of fused-ring (bicyclic) bond motifs is 1. The number of hydrogen-bond donors (Lipinski definition) is 0. The maximum Gasteiger partial charge on any atom is 0.416 e. The van der Waals surface area contributed by atoms with E-state index in [9.17, 15) is 18.0 Å². The lowest BCUT2D eigenvalue weighted by Crippen LogP contribution is -2.51. The van der Waals surface area contributed by atoms with E-state index >= 15 is 0 Å². The number of aryl methyl sites for hydroxylation is 1. The van der Waals surface area contributed by atoms with Crippen LogP contribution in [-0.4, -0.2) is 53.5 Å². The van der Waals surface area contributed by atoms with E-state index in [-0.39, 0.29) is 10.6 Å². The van der Waals surface area contributed by atoms with E-state index in [1.165, 1.54) is 0 Å². The zero-order chi connectivity index (χ0) is 23.8. The Labute approximate surface area is 199 Å². The minimum Gasteiger partial charge on any atom is -0.444 e. The number of amidine groups is 1. The van der Waals surface area contributed by atoms with Crippen molar-refractivity contribution in [3.63, 3.8) is 0 Å². The minimum atomic E-state index is -4.44. The Balaban J connectivity index is 1.90. The summed E-state index contributed by atoms with van der Waals surface area (Å²) >= 11 is 9.93. The van der Waals surface area contributed by atoms with Gasteiger partial charge in [0.05, 0.1) is 16.3 Å². The van der Waals surface area contributed by atoms with E-state index in [0.29, 0.717) is 61.1 Å². The summed E-state index contributed by atoms with van der Waals surface area (Å²) in [4.78, 5) is 20.7. The Morgan fingerprint density at radius 3 is 2.31 bits per heavy atom. The average molecular weight is 537 g/mol. The van der Waals surface area contributed by atoms with Crippen molar-refractivity contribution in [3.05, 3.63) is 38.3 Å². The SMILES string of the molecule is C/C1=C(/Cl)C(N2CCN(C(=O)OC(C)(C)C)CC2)=Nc2c(Br)cc(C(F)(F)F)cc2CC1. The van der Waals surface area contributed by atoms with Gasteiger partial charge < -0.3 is 14.5 Å². The van der Waals surface area contributed by atoms with Crippen LogP contribution in [-0.2, 0) is 17.3 Å². The molecule has 0 atom stereocenters. The third-order valence-electron chi connectivity index (χ3n) is 5.26. The van der Waals surface area contributed by atoms with E-state index in [4.69, 9.17) is 21.3 Å². The third-order valence-corrected chi connectivity index (χ3v) is 6.35. The van der Waals surface area contributed by atoms with Crippen LogP contribution in [0.3, 0.4) is 0 Å². The molecule has 1 saturated heterocycles. The quantitative estimate of drug-likeness (QED) is 0.380. The van der Waals surface area contributed by atoms with Gasteiger partial charge in [-0.2, -0.15) is 13.2 Å². The van der Waals surface area contributed by atoms with Crippen LogP contribution in [0.1, 0.15) is 45.2 Å². The second-order valence-corrected chi connectivity index (χ2v) is 10.2. The fourth-order valence-electron chi connectivity index (χ4n) is 3.55. The number of carbonyl (C=O) groups excluding carboxylic acids is 1. The first kappa shape index (κ1) is 24.9. The third kappa shape index (κ3) is 5.78. The highest BCUT2D eigenvalue weighted by atomic mass is 79.9. The molecule has 1 amide bonds. The molecule has 0 aromatic heterocycles. The Kier molecular flexibility index (Phi) is 7.20. The standard InChI is InChI=1S/C22H26BrClF3N3O2/c1-13-5-6-14-11-15(22(25,26)27)12-16(23)18(14)28-19(17(13)24)29-7-9-30(10-8-29)20(31)32-21(2,3)4/h11-12H,5-10H2,1-4H3/b17-13-,28-19?. The van der Waals surface area contributed by atoms with Gasteiger partial charge in [0.25, 0.3) is 0 Å². The molecule has 176 valence electrons. The van der Waals surface area contributed by atoms with Gasteiger partial charge in [-0.25, -0.2) is 9.79 Å². The lowest BCUT2D eigenvalue weighted by Gasteiger charge is -2.37. The van der Waals surface area contributed by atoms with Crippen molar-refractivity contribution >= 4 is 45.1 Å². The number of hydrogen-bond acceptors (Lipinski definition) is 4. The number of rotatable bonds is 0. The van der Waals surface area contributed by atoms with Gasteiger partial charge in [0.2, 0.25) is 0 Å². The Morgan fingerprint density at radius 1 is 1.12 bits per heavy atom. The van der Waals surface area contributed by atoms with E-state index in [1.807, 2.05) is 32.6 Å². The monoisotopic (exact) mass is 535 g/mol. The first-order valence-corrected chi connectivity index (χ1v) is 11.5. The molecule has 0 N–H and O–H groups in total. The van der Waals surface area contributed by atoms with Crippen LogP contribution in [0.4, 0.5) is 23.7 Å². The van der Waals surface area contributed by atoms with Crippen LogP contribution in [0.25, 0.3) is 0 Å². The molecule has 0 bridgehead atoms. The predicted octanol–water partition coefficient (Wildman–Crippen LogP) is 6.51. The number of benzene rings is 1. The van der Waals surface area contributed by atoms with Gasteiger partial charge in [-0.3, -0.25) is 0 Å². The van der Waals surface area contributed by atoms with Gasteiger partial charge in [-0.15, -0.1) is 0 Å². The van der Waals surface area contributed by atoms with Crippen molar-refractivity contribution < 1.29 is 22.7 Å². The highest BCUT2D eigenvalue weighted by Crippen LogP contribution is 2.40. The molecule has 0 spiro atoms. The molecule has 10 heteroatoms. The second-order valence-electron chi connectivity index (χ2n) is 8.95. The highest BCUT2D eigenvalue weighted by molar-refractivity contribution is 9.10. The molecule has 0 radical (unpaired) electrons. The summed E-state index contributed by atoms with van der Waals surface area (Å²) in [6.45, 7) is 9.13. The summed E-state index contributed by atoms with van der Waals surface area (Å²) in [6.07, 6.45) is -3.88. The summed E-state index contributed by atoms with van der Waals surface area (Å²) in [7, 11) is 0. The van der Waals surface area contributed by atoms with Gasteiger partial charge in [0, 0.05) is 30.7 Å². The second kappa shape index (κ2) is 9.25. The van der Waals surface area contributed by atoms with E-state index < -0.39 is 17.3 Å². The first-order valence-electron chi connectivity index (χ1n) is 10.3.